The fourth-order valence-corrected chi connectivity index (χ4v) is 14.2. The number of phosphoric ester groups is 2. The Morgan fingerprint density at radius 2 is 0.460 bits per heavy atom. The Kier molecular flexibility index (Phi) is 72.5. The van der Waals surface area contributed by atoms with Gasteiger partial charge < -0.3 is 33.8 Å². The Hall–Kier alpha value is -1.94. The van der Waals surface area contributed by atoms with Gasteiger partial charge in [0, 0.05) is 25.7 Å². The van der Waals surface area contributed by atoms with Crippen molar-refractivity contribution in [2.75, 3.05) is 39.6 Å². The van der Waals surface area contributed by atoms with E-state index in [4.69, 9.17) is 37.0 Å². The Bertz CT molecular complexity index is 1910. The topological polar surface area (TPSA) is 237 Å². The maximum atomic E-state index is 13.1. The van der Waals surface area contributed by atoms with E-state index in [-0.39, 0.29) is 25.7 Å². The quantitative estimate of drug-likeness (QED) is 0.0222. The Morgan fingerprint density at radius 3 is 0.680 bits per heavy atom. The molecule has 594 valence electrons. The zero-order chi connectivity index (χ0) is 73.4. The summed E-state index contributed by atoms with van der Waals surface area (Å²) in [5.41, 5.74) is 0. The van der Waals surface area contributed by atoms with E-state index in [1.165, 1.54) is 257 Å². The lowest BCUT2D eigenvalue weighted by Gasteiger charge is -2.21. The van der Waals surface area contributed by atoms with Crippen molar-refractivity contribution in [1.29, 1.82) is 0 Å². The summed E-state index contributed by atoms with van der Waals surface area (Å²) in [5, 5.41) is 10.6. The molecule has 0 aliphatic carbocycles. The molecule has 0 radical (unpaired) electrons. The van der Waals surface area contributed by atoms with Crippen LogP contribution in [-0.2, 0) is 65.4 Å². The normalized spacial score (nSPS) is 13.8. The molecular formula is C81H158O17P2. The lowest BCUT2D eigenvalue weighted by molar-refractivity contribution is -0.161. The average Bonchev–Trinajstić information content (AvgIpc) is 0.922. The second-order valence-electron chi connectivity index (χ2n) is 29.6. The molecule has 0 bridgehead atoms. The van der Waals surface area contributed by atoms with Gasteiger partial charge in [-0.15, -0.1) is 0 Å². The first-order valence-corrected chi connectivity index (χ1v) is 45.1. The van der Waals surface area contributed by atoms with Gasteiger partial charge in [0.2, 0.25) is 0 Å². The second kappa shape index (κ2) is 73.9. The average molecular weight is 1470 g/mol. The molecule has 0 spiro atoms. The molecule has 0 aromatic heterocycles. The van der Waals surface area contributed by atoms with Crippen LogP contribution in [0.5, 0.6) is 0 Å². The van der Waals surface area contributed by atoms with E-state index >= 15 is 0 Å². The number of unbranched alkanes of at least 4 members (excludes halogenated alkanes) is 53. The summed E-state index contributed by atoms with van der Waals surface area (Å²) in [5.74, 6) is -1.31. The van der Waals surface area contributed by atoms with Crippen molar-refractivity contribution in [3.05, 3.63) is 0 Å². The highest BCUT2D eigenvalue weighted by atomic mass is 31.2. The van der Waals surface area contributed by atoms with Crippen molar-refractivity contribution < 1.29 is 80.2 Å². The minimum atomic E-state index is -4.96. The van der Waals surface area contributed by atoms with Crippen LogP contribution in [0.1, 0.15) is 433 Å². The van der Waals surface area contributed by atoms with Gasteiger partial charge in [-0.2, -0.15) is 0 Å². The summed E-state index contributed by atoms with van der Waals surface area (Å²) < 4.78 is 68.7. The molecule has 2 unspecified atom stereocenters. The van der Waals surface area contributed by atoms with Gasteiger partial charge in [-0.1, -0.05) is 381 Å². The van der Waals surface area contributed by atoms with Crippen LogP contribution in [0.15, 0.2) is 0 Å². The number of phosphoric acid groups is 2. The largest absolute Gasteiger partial charge is 0.472 e. The van der Waals surface area contributed by atoms with Gasteiger partial charge in [-0.25, -0.2) is 9.13 Å². The summed E-state index contributed by atoms with van der Waals surface area (Å²) in [6, 6.07) is 0. The first-order chi connectivity index (χ1) is 48.5. The maximum Gasteiger partial charge on any atom is 0.472 e. The summed E-state index contributed by atoms with van der Waals surface area (Å²) in [6.45, 7) is 7.35. The molecule has 0 rings (SSSR count). The zero-order valence-corrected chi connectivity index (χ0v) is 67.1. The Labute approximate surface area is 613 Å². The molecular weight excluding hydrogens is 1310 g/mol. The SMILES string of the molecule is CCCCCCCCCCCCCCCCCCCCCCC(=O)O[C@H](COC(=O)CCCCCCCCCCCCCCCCC(C)C)COP(=O)(O)OC[C@@H](O)COP(=O)(O)OC[C@@H](COC(=O)CCCCCCCCCCCC)OC(=O)CCCCCCCCCCCCCCC. The van der Waals surface area contributed by atoms with Gasteiger partial charge >= 0.3 is 39.5 Å². The fraction of sp³-hybridized carbons (Fsp3) is 0.951. The third-order valence-electron chi connectivity index (χ3n) is 19.0. The molecule has 0 heterocycles. The first kappa shape index (κ1) is 98.1. The van der Waals surface area contributed by atoms with E-state index in [2.05, 4.69) is 34.6 Å². The second-order valence-corrected chi connectivity index (χ2v) is 32.5. The van der Waals surface area contributed by atoms with Crippen LogP contribution in [-0.4, -0.2) is 96.7 Å². The molecule has 5 atom stereocenters. The number of rotatable bonds is 81. The number of aliphatic hydroxyl groups excluding tert-OH is 1. The third-order valence-corrected chi connectivity index (χ3v) is 20.9. The highest BCUT2D eigenvalue weighted by Gasteiger charge is 2.30. The van der Waals surface area contributed by atoms with Crippen molar-refractivity contribution in [2.24, 2.45) is 5.92 Å². The van der Waals surface area contributed by atoms with Gasteiger partial charge in [0.1, 0.15) is 19.3 Å². The predicted molar refractivity (Wildman–Crippen MR) is 409 cm³/mol. The third kappa shape index (κ3) is 74.3. The van der Waals surface area contributed by atoms with Crippen molar-refractivity contribution in [3.8, 4) is 0 Å². The van der Waals surface area contributed by atoms with Crippen LogP contribution in [0.4, 0.5) is 0 Å². The van der Waals surface area contributed by atoms with Crippen molar-refractivity contribution in [2.45, 2.75) is 451 Å². The predicted octanol–water partition coefficient (Wildman–Crippen LogP) is 24.4. The number of aliphatic hydroxyl groups is 1. The van der Waals surface area contributed by atoms with Crippen LogP contribution in [0.2, 0.25) is 0 Å². The lowest BCUT2D eigenvalue weighted by Crippen LogP contribution is -2.30. The molecule has 0 aromatic rings. The van der Waals surface area contributed by atoms with E-state index in [0.29, 0.717) is 25.7 Å². The van der Waals surface area contributed by atoms with Crippen molar-refractivity contribution in [1.82, 2.24) is 0 Å². The molecule has 17 nitrogen and oxygen atoms in total. The Balaban J connectivity index is 5.22. The molecule has 3 N–H and O–H groups in total. The van der Waals surface area contributed by atoms with Gasteiger partial charge in [0.25, 0.3) is 0 Å². The first-order valence-electron chi connectivity index (χ1n) is 42.1. The van der Waals surface area contributed by atoms with E-state index in [1.807, 2.05) is 0 Å². The van der Waals surface area contributed by atoms with Gasteiger partial charge in [-0.3, -0.25) is 37.3 Å². The molecule has 0 saturated carbocycles. The number of hydrogen-bond acceptors (Lipinski definition) is 15. The van der Waals surface area contributed by atoms with Crippen LogP contribution in [0.25, 0.3) is 0 Å². The highest BCUT2D eigenvalue weighted by Crippen LogP contribution is 2.45. The van der Waals surface area contributed by atoms with E-state index in [0.717, 1.165) is 95.8 Å². The fourth-order valence-electron chi connectivity index (χ4n) is 12.6. The molecule has 0 aromatic carbocycles. The minimum Gasteiger partial charge on any atom is -0.462 e. The van der Waals surface area contributed by atoms with Crippen molar-refractivity contribution >= 4 is 39.5 Å². The number of ether oxygens (including phenoxy) is 4. The van der Waals surface area contributed by atoms with E-state index < -0.39 is 97.5 Å². The summed E-state index contributed by atoms with van der Waals surface area (Å²) >= 11 is 0. The monoisotopic (exact) mass is 1470 g/mol. The number of carbonyl (C=O) groups excluding carboxylic acids is 4. The zero-order valence-electron chi connectivity index (χ0n) is 65.3. The molecule has 0 fully saturated rings. The minimum absolute atomic E-state index is 0.108. The summed E-state index contributed by atoms with van der Waals surface area (Å²) in [4.78, 5) is 73.0. The molecule has 0 saturated heterocycles. The van der Waals surface area contributed by atoms with Gasteiger partial charge in [-0.05, 0) is 31.6 Å². The van der Waals surface area contributed by atoms with Crippen molar-refractivity contribution in [3.63, 3.8) is 0 Å². The molecule has 0 amide bonds. The molecule has 19 heteroatoms. The number of hydrogen-bond donors (Lipinski definition) is 3. The smallest absolute Gasteiger partial charge is 0.462 e. The van der Waals surface area contributed by atoms with Gasteiger partial charge in [0.05, 0.1) is 26.4 Å². The van der Waals surface area contributed by atoms with Crippen LogP contribution < -0.4 is 0 Å². The van der Waals surface area contributed by atoms with Crippen LogP contribution in [0.3, 0.4) is 0 Å². The molecule has 100 heavy (non-hydrogen) atoms. The van der Waals surface area contributed by atoms with E-state index in [9.17, 15) is 43.2 Å². The van der Waals surface area contributed by atoms with E-state index in [1.54, 1.807) is 0 Å². The summed E-state index contributed by atoms with van der Waals surface area (Å²) in [6.07, 6.45) is 65.2. The number of esters is 4. The van der Waals surface area contributed by atoms with Crippen LogP contribution in [0, 0.1) is 5.92 Å². The lowest BCUT2D eigenvalue weighted by atomic mass is 10.0. The van der Waals surface area contributed by atoms with Crippen LogP contribution >= 0.6 is 15.6 Å². The highest BCUT2D eigenvalue weighted by molar-refractivity contribution is 7.47. The number of carbonyl (C=O) groups is 4. The molecule has 0 aliphatic heterocycles. The standard InChI is InChI=1S/C81H158O17P2/c1-6-9-12-15-18-21-24-26-27-28-29-30-31-32-38-42-47-52-57-62-67-81(86)98-77(71-92-79(84)65-60-55-50-45-40-37-34-33-36-39-43-48-53-58-63-74(4)5)73-96-100(89,90)94-69-75(82)68-93-99(87,88)95-72-76(70-91-78(83)64-59-54-49-44-23-20-17-14-11-8-3)97-80(85)66-61-56-51-46-41-35-25-22-19-16-13-10-7-2/h74-77,82H,6-73H2,1-5H3,(H,87,88)(H,89,90)/t75-,76+,77+/m0/s1. The maximum absolute atomic E-state index is 13.1. The Morgan fingerprint density at radius 1 is 0.270 bits per heavy atom. The van der Waals surface area contributed by atoms with Gasteiger partial charge in [0.15, 0.2) is 12.2 Å². The molecule has 0 aliphatic rings. The summed E-state index contributed by atoms with van der Waals surface area (Å²) in [7, 11) is -9.92.